The number of ether oxygens (including phenoxy) is 5. The number of halogens is 5. The Hall–Kier alpha value is -7.71. The molecule has 0 bridgehead atoms. The zero-order valence-electron chi connectivity index (χ0n) is 50.4. The van der Waals surface area contributed by atoms with E-state index in [1.807, 2.05) is 13.8 Å². The highest BCUT2D eigenvalue weighted by atomic mass is 19.1. The maximum atomic E-state index is 14.9. The average Bonchev–Trinajstić information content (AvgIpc) is 1.63. The summed E-state index contributed by atoms with van der Waals surface area (Å²) in [5.74, 6) is -2.23. The van der Waals surface area contributed by atoms with Crippen LogP contribution in [0.4, 0.5) is 22.0 Å². The molecule has 2 unspecified atom stereocenters. The summed E-state index contributed by atoms with van der Waals surface area (Å²) in [6.07, 6.45) is 10.5. The molecular formula is C64H75F5N10O10. The minimum absolute atomic E-state index is 0.00856. The molecule has 25 heteroatoms. The van der Waals surface area contributed by atoms with Crippen molar-refractivity contribution in [2.24, 2.45) is 11.8 Å². The van der Waals surface area contributed by atoms with Crippen molar-refractivity contribution in [2.75, 3.05) is 39.6 Å². The lowest BCUT2D eigenvalue weighted by molar-refractivity contribution is -0.163. The molecule has 2 aliphatic heterocycles. The Kier molecular flexibility index (Phi) is 21.2. The summed E-state index contributed by atoms with van der Waals surface area (Å²) in [4.78, 5) is 72.0. The molecule has 0 spiro atoms. The molecule has 8 heterocycles. The van der Waals surface area contributed by atoms with Gasteiger partial charge in [-0.15, -0.1) is 0 Å². The number of imidazole rings is 2. The quantitative estimate of drug-likeness (QED) is 0.0380. The summed E-state index contributed by atoms with van der Waals surface area (Å²) in [7, 11) is 0. The van der Waals surface area contributed by atoms with Gasteiger partial charge in [0.1, 0.15) is 23.3 Å². The number of benzene rings is 2. The number of hydrogen-bond donors (Lipinski definition) is 1. The molecule has 2 saturated heterocycles. The first kappa shape index (κ1) is 64.3. The molecule has 6 aromatic heterocycles. The summed E-state index contributed by atoms with van der Waals surface area (Å²) >= 11 is 0. The highest BCUT2D eigenvalue weighted by Crippen LogP contribution is 2.35. The number of aliphatic hydroxyl groups excluding tert-OH is 1. The van der Waals surface area contributed by atoms with Gasteiger partial charge in [0.25, 0.3) is 11.1 Å². The Morgan fingerprint density at radius 2 is 0.989 bits per heavy atom. The SMILES string of the molecule is CC(C)n1c(=O)n(CCCOC2CCCCO2)c(=O)c2c1nc(-c1ccc(F)nc1F)n2Cc1ccc(F)cc1.CC(C)n1c(=O)n(CCCOC2CCCCO2)c(=O)c2c1nc(-c1ccc(F)nc1OCC1CC1)n2Cc1ccc(F)cc1.OCC1CC1. The van der Waals surface area contributed by atoms with Crippen LogP contribution in [0.1, 0.15) is 128 Å². The normalized spacial score (nSPS) is 16.9. The molecule has 4 fully saturated rings. The van der Waals surface area contributed by atoms with E-state index in [-0.39, 0.29) is 90.2 Å². The zero-order chi connectivity index (χ0) is 62.9. The largest absolute Gasteiger partial charge is 0.477 e. The lowest BCUT2D eigenvalue weighted by atomic mass is 10.2. The van der Waals surface area contributed by atoms with Crippen LogP contribution in [0, 0.1) is 41.3 Å². The van der Waals surface area contributed by atoms with Crippen LogP contribution in [0.5, 0.6) is 5.88 Å². The fraction of sp³-hybridized carbons (Fsp3) is 0.500. The van der Waals surface area contributed by atoms with Crippen LogP contribution in [0.2, 0.25) is 0 Å². The van der Waals surface area contributed by atoms with Crippen LogP contribution in [0.25, 0.3) is 45.1 Å². The smallest absolute Gasteiger partial charge is 0.332 e. The fourth-order valence-electron chi connectivity index (χ4n) is 10.7. The van der Waals surface area contributed by atoms with Crippen LogP contribution >= 0.6 is 0 Å². The summed E-state index contributed by atoms with van der Waals surface area (Å²) in [6, 6.07) is 15.7. The Labute approximate surface area is 509 Å². The van der Waals surface area contributed by atoms with E-state index < -0.39 is 52.2 Å². The Morgan fingerprint density at radius 3 is 1.39 bits per heavy atom. The fourth-order valence-corrected chi connectivity index (χ4v) is 10.7. The molecule has 2 atom stereocenters. The minimum Gasteiger partial charge on any atom is -0.477 e. The second-order valence-electron chi connectivity index (χ2n) is 23.4. The maximum Gasteiger partial charge on any atom is 0.332 e. The van der Waals surface area contributed by atoms with Gasteiger partial charge >= 0.3 is 11.4 Å². The predicted molar refractivity (Wildman–Crippen MR) is 321 cm³/mol. The second kappa shape index (κ2) is 29.3. The van der Waals surface area contributed by atoms with Crippen molar-refractivity contribution in [3.63, 3.8) is 0 Å². The summed E-state index contributed by atoms with van der Waals surface area (Å²) in [6.45, 7) is 10.4. The summed E-state index contributed by atoms with van der Waals surface area (Å²) < 4.78 is 107. The van der Waals surface area contributed by atoms with E-state index in [4.69, 9.17) is 33.8 Å². The first-order chi connectivity index (χ1) is 43.0. The molecule has 20 nitrogen and oxygen atoms in total. The Bertz CT molecular complexity index is 3970. The van der Waals surface area contributed by atoms with Crippen LogP contribution in [0.15, 0.2) is 92.0 Å². The van der Waals surface area contributed by atoms with Gasteiger partial charge in [-0.3, -0.25) is 27.9 Å². The van der Waals surface area contributed by atoms with Crippen molar-refractivity contribution in [1.29, 1.82) is 0 Å². The third kappa shape index (κ3) is 15.7. The molecule has 2 saturated carbocycles. The van der Waals surface area contributed by atoms with Crippen molar-refractivity contribution in [2.45, 2.75) is 156 Å². The van der Waals surface area contributed by atoms with E-state index in [1.54, 1.807) is 30.5 Å². The second-order valence-corrected chi connectivity index (χ2v) is 23.4. The molecule has 2 aromatic carbocycles. The van der Waals surface area contributed by atoms with E-state index in [2.05, 4.69) is 15.0 Å². The van der Waals surface area contributed by atoms with Gasteiger partial charge in [0, 0.05) is 58.1 Å². The monoisotopic (exact) mass is 1240 g/mol. The third-order valence-electron chi connectivity index (χ3n) is 15.8. The number of pyridine rings is 2. The van der Waals surface area contributed by atoms with Crippen LogP contribution < -0.4 is 27.2 Å². The van der Waals surface area contributed by atoms with Crippen LogP contribution in [-0.4, -0.2) is 105 Å². The molecule has 8 aromatic rings. The van der Waals surface area contributed by atoms with Gasteiger partial charge in [0.15, 0.2) is 34.9 Å². The topological polar surface area (TPSA) is 216 Å². The average molecular weight is 1240 g/mol. The number of fused-ring (bicyclic) bond motifs is 2. The zero-order valence-corrected chi connectivity index (χ0v) is 50.4. The van der Waals surface area contributed by atoms with Crippen molar-refractivity contribution >= 4 is 22.3 Å². The lowest BCUT2D eigenvalue weighted by Crippen LogP contribution is -2.41. The van der Waals surface area contributed by atoms with Crippen molar-refractivity contribution < 1.29 is 50.7 Å². The molecule has 0 amide bonds. The van der Waals surface area contributed by atoms with E-state index in [0.717, 1.165) is 62.0 Å². The van der Waals surface area contributed by atoms with Crippen molar-refractivity contribution in [1.82, 2.24) is 47.3 Å². The molecule has 0 radical (unpaired) electrons. The number of nitrogens with zero attached hydrogens (tertiary/aromatic N) is 10. The molecule has 1 N–H and O–H groups in total. The number of aromatic nitrogens is 10. The van der Waals surface area contributed by atoms with Crippen molar-refractivity contribution in [3.05, 3.63) is 155 Å². The van der Waals surface area contributed by atoms with Gasteiger partial charge < -0.3 is 37.9 Å². The predicted octanol–water partition coefficient (Wildman–Crippen LogP) is 9.84. The Morgan fingerprint density at radius 1 is 0.539 bits per heavy atom. The first-order valence-electron chi connectivity index (χ1n) is 30.7. The van der Waals surface area contributed by atoms with Gasteiger partial charge in [-0.2, -0.15) is 23.1 Å². The van der Waals surface area contributed by atoms with Gasteiger partial charge in [0.05, 0.1) is 30.9 Å². The van der Waals surface area contributed by atoms with Gasteiger partial charge in [-0.05, 0) is 176 Å². The number of rotatable bonds is 22. The lowest BCUT2D eigenvalue weighted by Gasteiger charge is -2.22. The molecule has 12 rings (SSSR count). The minimum atomic E-state index is -1.11. The van der Waals surface area contributed by atoms with Gasteiger partial charge in [-0.25, -0.2) is 28.3 Å². The Balaban J connectivity index is 0.000000182. The highest BCUT2D eigenvalue weighted by Gasteiger charge is 2.30. The van der Waals surface area contributed by atoms with E-state index in [9.17, 15) is 41.1 Å². The molecule has 89 heavy (non-hydrogen) atoms. The summed E-state index contributed by atoms with van der Waals surface area (Å²) in [5.41, 5.74) is -0.0724. The van der Waals surface area contributed by atoms with E-state index in [1.165, 1.54) is 85.7 Å². The number of hydrogen-bond acceptors (Lipinski definition) is 14. The van der Waals surface area contributed by atoms with E-state index in [0.29, 0.717) is 86.8 Å². The highest BCUT2D eigenvalue weighted by molar-refractivity contribution is 5.79. The number of aliphatic hydroxyl groups is 1. The van der Waals surface area contributed by atoms with Gasteiger partial charge in [0.2, 0.25) is 23.7 Å². The van der Waals surface area contributed by atoms with Gasteiger partial charge in [-0.1, -0.05) is 24.3 Å². The van der Waals surface area contributed by atoms with E-state index >= 15 is 0 Å². The maximum absolute atomic E-state index is 14.9. The first-order valence-corrected chi connectivity index (χ1v) is 30.7. The van der Waals surface area contributed by atoms with Crippen molar-refractivity contribution in [3.8, 4) is 28.7 Å². The molecule has 4 aliphatic rings. The molecule has 476 valence electrons. The molecular weight excluding hydrogens is 1160 g/mol. The standard InChI is InChI=1S/C32H37F2N5O5.C28H30F3N5O4.C4H8O/c1-20(2)39-29-27(31(40)37(32(39)41)15-5-17-43-26-6-3-4-16-42-26)38(18-21-9-11-23(33)12-10-21)28(36-29)24-13-14-25(34)35-30(24)44-19-22-7-8-22;1-17(2)36-26-23(27(37)34(28(36)38)13-5-15-40-22-6-3-4-14-39-22)35(16-18-7-9-19(29)10-8-18)25(33-26)20-11-12-21(30)32-24(20)31;5-3-4-1-2-4/h9-14,20,22,26H,3-8,15-19H2,1-2H3;7-12,17,22H,3-6,13-16H2,1-2H3;4-5H,1-3H2. The van der Waals surface area contributed by atoms with Crippen LogP contribution in [-0.2, 0) is 45.1 Å². The molecule has 2 aliphatic carbocycles. The summed E-state index contributed by atoms with van der Waals surface area (Å²) in [5, 5.41) is 8.21. The third-order valence-corrected chi connectivity index (χ3v) is 15.8. The van der Waals surface area contributed by atoms with Crippen LogP contribution in [0.3, 0.4) is 0 Å².